The van der Waals surface area contributed by atoms with Crippen molar-refractivity contribution in [2.24, 2.45) is 5.41 Å². The number of carbonyl (C=O) groups is 1. The quantitative estimate of drug-likeness (QED) is 0.862. The number of halogens is 2. The van der Waals surface area contributed by atoms with Crippen LogP contribution >= 0.6 is 0 Å². The molecule has 1 N–H and O–H groups in total. The molecule has 17 heavy (non-hydrogen) atoms. The van der Waals surface area contributed by atoms with Gasteiger partial charge in [0.2, 0.25) is 0 Å². The van der Waals surface area contributed by atoms with Crippen LogP contribution < -0.4 is 0 Å². The molecule has 0 bridgehead atoms. The molecule has 0 spiro atoms. The molecule has 0 aliphatic heterocycles. The van der Waals surface area contributed by atoms with Crippen molar-refractivity contribution in [3.63, 3.8) is 0 Å². The normalized spacial score (nSPS) is 25.7. The molecule has 1 atom stereocenters. The van der Waals surface area contributed by atoms with Gasteiger partial charge in [0.05, 0.1) is 0 Å². The molecule has 0 heterocycles. The van der Waals surface area contributed by atoms with Crippen LogP contribution in [0.1, 0.15) is 31.4 Å². The minimum Gasteiger partial charge on any atom is -0.481 e. The van der Waals surface area contributed by atoms with Gasteiger partial charge < -0.3 is 5.11 Å². The fourth-order valence-electron chi connectivity index (χ4n) is 2.57. The minimum absolute atomic E-state index is 0.257. The molecule has 4 heteroatoms. The fraction of sp³-hybridized carbons (Fsp3) is 0.462. The van der Waals surface area contributed by atoms with Gasteiger partial charge in [-0.15, -0.1) is 0 Å². The van der Waals surface area contributed by atoms with E-state index in [9.17, 15) is 18.7 Å². The van der Waals surface area contributed by atoms with Crippen LogP contribution in [0.3, 0.4) is 0 Å². The van der Waals surface area contributed by atoms with Crippen molar-refractivity contribution in [1.29, 1.82) is 0 Å². The van der Waals surface area contributed by atoms with Crippen LogP contribution in [0, 0.1) is 24.0 Å². The maximum absolute atomic E-state index is 14.0. The Hall–Kier alpha value is -1.45. The van der Waals surface area contributed by atoms with Crippen molar-refractivity contribution in [2.75, 3.05) is 0 Å². The zero-order chi connectivity index (χ0) is 13.0. The first kappa shape index (κ1) is 12.0. The monoisotopic (exact) mass is 240 g/mol. The minimum atomic E-state index is -1.42. The molecule has 0 amide bonds. The summed E-state index contributed by atoms with van der Waals surface area (Å²) in [5.41, 5.74) is -2.07. The number of carboxylic acid groups (broad SMARTS) is 1. The van der Waals surface area contributed by atoms with Crippen LogP contribution in [0.4, 0.5) is 8.78 Å². The number of hydrogen-bond donors (Lipinski definition) is 1. The lowest BCUT2D eigenvalue weighted by Gasteiger charge is -2.18. The van der Waals surface area contributed by atoms with Crippen LogP contribution in [0.25, 0.3) is 0 Å². The average Bonchev–Trinajstić information content (AvgIpc) is 2.78. The summed E-state index contributed by atoms with van der Waals surface area (Å²) in [6.07, 6.45) is 0.257. The molecule has 1 aromatic carbocycles. The SMILES string of the molecule is Cc1ccc(F)c(C2(C(=O)O)CC2(C)C)c1F. The van der Waals surface area contributed by atoms with E-state index in [1.165, 1.54) is 13.0 Å². The molecular formula is C13H14F2O2. The van der Waals surface area contributed by atoms with Gasteiger partial charge in [-0.1, -0.05) is 19.9 Å². The molecule has 92 valence electrons. The number of benzene rings is 1. The highest BCUT2D eigenvalue weighted by Crippen LogP contribution is 2.65. The topological polar surface area (TPSA) is 37.3 Å². The Kier molecular flexibility index (Phi) is 2.32. The molecule has 0 saturated heterocycles. The number of aryl methyl sites for hydroxylation is 1. The lowest BCUT2D eigenvalue weighted by molar-refractivity contribution is -0.141. The molecule has 2 nitrogen and oxygen atoms in total. The second-order valence-electron chi connectivity index (χ2n) is 5.32. The Morgan fingerprint density at radius 1 is 1.35 bits per heavy atom. The van der Waals surface area contributed by atoms with E-state index in [1.807, 2.05) is 0 Å². The Morgan fingerprint density at radius 3 is 2.29 bits per heavy atom. The first-order valence-corrected chi connectivity index (χ1v) is 5.42. The van der Waals surface area contributed by atoms with Crippen molar-refractivity contribution >= 4 is 5.97 Å². The molecule has 0 radical (unpaired) electrons. The van der Waals surface area contributed by atoms with Crippen LogP contribution in [0.5, 0.6) is 0 Å². The Bertz CT molecular complexity index is 508. The van der Waals surface area contributed by atoms with Crippen LogP contribution in [0.15, 0.2) is 12.1 Å². The van der Waals surface area contributed by atoms with Gasteiger partial charge in [-0.05, 0) is 30.4 Å². The van der Waals surface area contributed by atoms with Gasteiger partial charge in [-0.2, -0.15) is 0 Å². The van der Waals surface area contributed by atoms with Gasteiger partial charge in [0, 0.05) is 5.56 Å². The van der Waals surface area contributed by atoms with Crippen molar-refractivity contribution in [1.82, 2.24) is 0 Å². The first-order valence-electron chi connectivity index (χ1n) is 5.42. The van der Waals surface area contributed by atoms with Gasteiger partial charge in [0.15, 0.2) is 0 Å². The summed E-state index contributed by atoms with van der Waals surface area (Å²) in [5.74, 6) is -2.68. The predicted molar refractivity (Wildman–Crippen MR) is 58.8 cm³/mol. The van der Waals surface area contributed by atoms with Gasteiger partial charge in [0.25, 0.3) is 0 Å². The number of hydrogen-bond acceptors (Lipinski definition) is 1. The summed E-state index contributed by atoms with van der Waals surface area (Å²) in [4.78, 5) is 11.4. The van der Waals surface area contributed by atoms with Gasteiger partial charge in [0.1, 0.15) is 17.0 Å². The van der Waals surface area contributed by atoms with E-state index < -0.39 is 28.4 Å². The third-order valence-electron chi connectivity index (χ3n) is 3.81. The molecule has 1 aromatic rings. The second kappa shape index (κ2) is 3.28. The molecule has 1 unspecified atom stereocenters. The maximum Gasteiger partial charge on any atom is 0.314 e. The van der Waals surface area contributed by atoms with Crippen molar-refractivity contribution in [3.8, 4) is 0 Å². The third kappa shape index (κ3) is 1.39. The van der Waals surface area contributed by atoms with E-state index in [0.29, 0.717) is 0 Å². The van der Waals surface area contributed by atoms with Gasteiger partial charge >= 0.3 is 5.97 Å². The van der Waals surface area contributed by atoms with E-state index in [1.54, 1.807) is 13.8 Å². The Balaban J connectivity index is 2.70. The molecule has 1 aliphatic rings. The maximum atomic E-state index is 14.0. The zero-order valence-electron chi connectivity index (χ0n) is 9.97. The highest BCUT2D eigenvalue weighted by atomic mass is 19.1. The lowest BCUT2D eigenvalue weighted by atomic mass is 9.86. The molecule has 1 fully saturated rings. The highest BCUT2D eigenvalue weighted by molar-refractivity contribution is 5.87. The Morgan fingerprint density at radius 2 is 1.88 bits per heavy atom. The number of carboxylic acids is 1. The summed E-state index contributed by atoms with van der Waals surface area (Å²) in [7, 11) is 0. The largest absolute Gasteiger partial charge is 0.481 e. The molecule has 2 rings (SSSR count). The summed E-state index contributed by atoms with van der Waals surface area (Å²) in [6, 6.07) is 2.45. The van der Waals surface area contributed by atoms with E-state index in [2.05, 4.69) is 0 Å². The fourth-order valence-corrected chi connectivity index (χ4v) is 2.57. The summed E-state index contributed by atoms with van der Waals surface area (Å²) < 4.78 is 27.8. The van der Waals surface area contributed by atoms with Crippen molar-refractivity contribution < 1.29 is 18.7 Å². The summed E-state index contributed by atoms with van der Waals surface area (Å²) in [5, 5.41) is 9.30. The predicted octanol–water partition coefficient (Wildman–Crippen LogP) is 3.03. The van der Waals surface area contributed by atoms with Gasteiger partial charge in [-0.25, -0.2) is 8.78 Å². The highest BCUT2D eigenvalue weighted by Gasteiger charge is 2.69. The molecule has 1 saturated carbocycles. The molecular weight excluding hydrogens is 226 g/mol. The zero-order valence-corrected chi connectivity index (χ0v) is 9.97. The smallest absolute Gasteiger partial charge is 0.314 e. The second-order valence-corrected chi connectivity index (χ2v) is 5.32. The standard InChI is InChI=1S/C13H14F2O2/c1-7-4-5-8(14)9(10(7)15)13(11(16)17)6-12(13,2)3/h4-5H,6H2,1-3H3,(H,16,17). The van der Waals surface area contributed by atoms with E-state index >= 15 is 0 Å². The number of aliphatic carboxylic acids is 1. The van der Waals surface area contributed by atoms with Crippen LogP contribution in [0.2, 0.25) is 0 Å². The van der Waals surface area contributed by atoms with Crippen molar-refractivity contribution in [3.05, 3.63) is 34.9 Å². The molecule has 0 aromatic heterocycles. The van der Waals surface area contributed by atoms with Crippen molar-refractivity contribution in [2.45, 2.75) is 32.6 Å². The van der Waals surface area contributed by atoms with E-state index in [-0.39, 0.29) is 17.5 Å². The first-order chi connectivity index (χ1) is 7.74. The average molecular weight is 240 g/mol. The summed E-state index contributed by atoms with van der Waals surface area (Å²) >= 11 is 0. The van der Waals surface area contributed by atoms with Crippen LogP contribution in [-0.4, -0.2) is 11.1 Å². The van der Waals surface area contributed by atoms with E-state index in [0.717, 1.165) is 6.07 Å². The lowest BCUT2D eigenvalue weighted by Crippen LogP contribution is -2.28. The Labute approximate surface area is 98.3 Å². The number of rotatable bonds is 2. The van der Waals surface area contributed by atoms with Gasteiger partial charge in [-0.3, -0.25) is 4.79 Å². The third-order valence-corrected chi connectivity index (χ3v) is 3.81. The summed E-state index contributed by atoms with van der Waals surface area (Å²) in [6.45, 7) is 4.92. The van der Waals surface area contributed by atoms with Crippen LogP contribution in [-0.2, 0) is 10.2 Å². The molecule has 1 aliphatic carbocycles. The van der Waals surface area contributed by atoms with E-state index in [4.69, 9.17) is 0 Å².